The first kappa shape index (κ1) is 14.7. The Bertz CT molecular complexity index is 571. The third-order valence-corrected chi connectivity index (χ3v) is 2.58. The highest BCUT2D eigenvalue weighted by atomic mass is 19.1. The lowest BCUT2D eigenvalue weighted by molar-refractivity contribution is 0.631. The normalized spacial score (nSPS) is 9.16. The van der Waals surface area contributed by atoms with Crippen LogP contribution in [0.2, 0.25) is 0 Å². The molecule has 2 nitrogen and oxygen atoms in total. The molecule has 0 bridgehead atoms. The van der Waals surface area contributed by atoms with Crippen molar-refractivity contribution in [2.24, 2.45) is 0 Å². The summed E-state index contributed by atoms with van der Waals surface area (Å²) in [7, 11) is 0. The zero-order valence-corrected chi connectivity index (χ0v) is 11.2. The van der Waals surface area contributed by atoms with E-state index in [9.17, 15) is 4.39 Å². The van der Waals surface area contributed by atoms with E-state index in [2.05, 4.69) is 0 Å². The van der Waals surface area contributed by atoms with Crippen molar-refractivity contribution in [3.8, 4) is 6.07 Å². The second kappa shape index (κ2) is 7.17. The molecule has 0 aliphatic carbocycles. The molecule has 2 aromatic carbocycles. The molecule has 0 atom stereocenters. The minimum absolute atomic E-state index is 0.0786. The topological polar surface area (TPSA) is 49.8 Å². The number of nitrogens with zero attached hydrogens (tertiary/aromatic N) is 1. The van der Waals surface area contributed by atoms with Crippen molar-refractivity contribution in [1.82, 2.24) is 0 Å². The minimum atomic E-state index is -0.543. The molecule has 0 fully saturated rings. The van der Waals surface area contributed by atoms with Crippen LogP contribution in [0.15, 0.2) is 42.5 Å². The zero-order valence-electron chi connectivity index (χ0n) is 11.2. The SMILES string of the molecule is CC.N#Cc1cc(F)c(N)cc1Cc1ccccc1. The summed E-state index contributed by atoms with van der Waals surface area (Å²) in [6, 6.07) is 14.4. The molecule has 0 aliphatic heterocycles. The lowest BCUT2D eigenvalue weighted by atomic mass is 9.99. The fourth-order valence-corrected chi connectivity index (χ4v) is 1.70. The van der Waals surface area contributed by atoms with E-state index in [0.29, 0.717) is 12.0 Å². The van der Waals surface area contributed by atoms with Gasteiger partial charge < -0.3 is 5.73 Å². The van der Waals surface area contributed by atoms with Crippen LogP contribution in [0.4, 0.5) is 10.1 Å². The molecule has 0 unspecified atom stereocenters. The molecule has 0 saturated heterocycles. The highest BCUT2D eigenvalue weighted by molar-refractivity contribution is 5.51. The van der Waals surface area contributed by atoms with E-state index in [-0.39, 0.29) is 5.69 Å². The first-order valence-corrected chi connectivity index (χ1v) is 6.22. The Balaban J connectivity index is 0.000000861. The largest absolute Gasteiger partial charge is 0.396 e. The second-order valence-corrected chi connectivity index (χ2v) is 3.81. The van der Waals surface area contributed by atoms with Crippen molar-refractivity contribution in [3.05, 3.63) is 65.0 Å². The maximum atomic E-state index is 13.2. The summed E-state index contributed by atoms with van der Waals surface area (Å²) in [6.45, 7) is 4.00. The molecule has 0 radical (unpaired) electrons. The second-order valence-electron chi connectivity index (χ2n) is 3.81. The van der Waals surface area contributed by atoms with Crippen LogP contribution < -0.4 is 5.73 Å². The van der Waals surface area contributed by atoms with Crippen LogP contribution in [0.25, 0.3) is 0 Å². The van der Waals surface area contributed by atoms with E-state index >= 15 is 0 Å². The van der Waals surface area contributed by atoms with E-state index < -0.39 is 5.82 Å². The number of benzene rings is 2. The molecule has 0 spiro atoms. The summed E-state index contributed by atoms with van der Waals surface area (Å²) in [6.07, 6.45) is 0.578. The Morgan fingerprint density at radius 1 is 1.16 bits per heavy atom. The van der Waals surface area contributed by atoms with Gasteiger partial charge in [-0.25, -0.2) is 4.39 Å². The highest BCUT2D eigenvalue weighted by Gasteiger charge is 2.08. The Labute approximate surface area is 113 Å². The summed E-state index contributed by atoms with van der Waals surface area (Å²) >= 11 is 0. The van der Waals surface area contributed by atoms with Gasteiger partial charge in [0, 0.05) is 0 Å². The summed E-state index contributed by atoms with van der Waals surface area (Å²) in [5, 5.41) is 8.95. The van der Waals surface area contributed by atoms with Gasteiger partial charge in [0.05, 0.1) is 17.3 Å². The number of halogens is 1. The molecule has 19 heavy (non-hydrogen) atoms. The van der Waals surface area contributed by atoms with E-state index in [1.165, 1.54) is 12.1 Å². The van der Waals surface area contributed by atoms with Crippen molar-refractivity contribution in [3.63, 3.8) is 0 Å². The third-order valence-electron chi connectivity index (χ3n) is 2.58. The average Bonchev–Trinajstić information content (AvgIpc) is 2.46. The van der Waals surface area contributed by atoms with Gasteiger partial charge in [-0.15, -0.1) is 0 Å². The van der Waals surface area contributed by atoms with Crippen LogP contribution >= 0.6 is 0 Å². The summed E-state index contributed by atoms with van der Waals surface area (Å²) in [4.78, 5) is 0. The predicted molar refractivity (Wildman–Crippen MR) is 76.1 cm³/mol. The van der Waals surface area contributed by atoms with Crippen molar-refractivity contribution in [1.29, 1.82) is 5.26 Å². The standard InChI is InChI=1S/C14H11FN2.C2H6/c15-13-7-12(9-16)11(8-14(13)17)6-10-4-2-1-3-5-10;1-2/h1-5,7-8H,6,17H2;1-2H3. The summed E-state index contributed by atoms with van der Waals surface area (Å²) in [5.41, 5.74) is 7.74. The molecular formula is C16H17FN2. The van der Waals surface area contributed by atoms with Crippen LogP contribution in [0, 0.1) is 17.1 Å². The van der Waals surface area contributed by atoms with E-state index in [1.807, 2.05) is 50.2 Å². The number of hydrogen-bond acceptors (Lipinski definition) is 2. The lowest BCUT2D eigenvalue weighted by Crippen LogP contribution is -1.98. The first-order valence-electron chi connectivity index (χ1n) is 6.22. The van der Waals surface area contributed by atoms with Crippen molar-refractivity contribution >= 4 is 5.69 Å². The molecule has 0 saturated carbocycles. The van der Waals surface area contributed by atoms with Crippen LogP contribution in [0.1, 0.15) is 30.5 Å². The van der Waals surface area contributed by atoms with Gasteiger partial charge in [0.15, 0.2) is 0 Å². The maximum Gasteiger partial charge on any atom is 0.147 e. The maximum absolute atomic E-state index is 13.2. The highest BCUT2D eigenvalue weighted by Crippen LogP contribution is 2.20. The number of nitrogens with two attached hydrogens (primary N) is 1. The van der Waals surface area contributed by atoms with Crippen LogP contribution in [-0.2, 0) is 6.42 Å². The zero-order chi connectivity index (χ0) is 14.3. The fraction of sp³-hybridized carbons (Fsp3) is 0.188. The smallest absolute Gasteiger partial charge is 0.147 e. The van der Waals surface area contributed by atoms with Gasteiger partial charge >= 0.3 is 0 Å². The molecule has 0 aliphatic rings. The third kappa shape index (κ3) is 3.82. The molecule has 2 rings (SSSR count). The number of nitrogen functional groups attached to an aromatic ring is 1. The fourth-order valence-electron chi connectivity index (χ4n) is 1.70. The molecule has 0 heterocycles. The van der Waals surface area contributed by atoms with Gasteiger partial charge in [-0.1, -0.05) is 44.2 Å². The van der Waals surface area contributed by atoms with Gasteiger partial charge in [0.2, 0.25) is 0 Å². The first-order chi connectivity index (χ1) is 9.20. The Morgan fingerprint density at radius 3 is 2.37 bits per heavy atom. The Morgan fingerprint density at radius 2 is 1.79 bits per heavy atom. The van der Waals surface area contributed by atoms with Crippen LogP contribution in [0.3, 0.4) is 0 Å². The van der Waals surface area contributed by atoms with Crippen LogP contribution in [0.5, 0.6) is 0 Å². The molecule has 0 aromatic heterocycles. The van der Waals surface area contributed by atoms with Crippen molar-refractivity contribution in [2.45, 2.75) is 20.3 Å². The molecule has 2 aromatic rings. The van der Waals surface area contributed by atoms with Gasteiger partial charge in [-0.3, -0.25) is 0 Å². The number of anilines is 1. The summed E-state index contributed by atoms with van der Waals surface area (Å²) < 4.78 is 13.2. The van der Waals surface area contributed by atoms with Crippen LogP contribution in [-0.4, -0.2) is 0 Å². The van der Waals surface area contributed by atoms with Gasteiger partial charge in [-0.05, 0) is 29.7 Å². The van der Waals surface area contributed by atoms with E-state index in [1.54, 1.807) is 0 Å². The number of hydrogen-bond donors (Lipinski definition) is 1. The number of rotatable bonds is 2. The van der Waals surface area contributed by atoms with Crippen molar-refractivity contribution in [2.75, 3.05) is 5.73 Å². The van der Waals surface area contributed by atoms with Gasteiger partial charge in [-0.2, -0.15) is 5.26 Å². The number of nitriles is 1. The minimum Gasteiger partial charge on any atom is -0.396 e. The average molecular weight is 256 g/mol. The lowest BCUT2D eigenvalue weighted by Gasteiger charge is -2.06. The Hall–Kier alpha value is -2.34. The van der Waals surface area contributed by atoms with E-state index in [0.717, 1.165) is 11.1 Å². The molecule has 3 heteroatoms. The molecule has 0 amide bonds. The van der Waals surface area contributed by atoms with Crippen molar-refractivity contribution < 1.29 is 4.39 Å². The predicted octanol–water partition coefficient (Wildman–Crippen LogP) is 3.90. The molecule has 2 N–H and O–H groups in total. The quantitative estimate of drug-likeness (QED) is 0.828. The molecule has 98 valence electrons. The Kier molecular flexibility index (Phi) is 5.56. The van der Waals surface area contributed by atoms with Gasteiger partial charge in [0.25, 0.3) is 0 Å². The van der Waals surface area contributed by atoms with Gasteiger partial charge in [0.1, 0.15) is 5.82 Å². The molecular weight excluding hydrogens is 239 g/mol. The monoisotopic (exact) mass is 256 g/mol. The van der Waals surface area contributed by atoms with E-state index in [4.69, 9.17) is 11.0 Å². The summed E-state index contributed by atoms with van der Waals surface area (Å²) in [5.74, 6) is -0.543.